The van der Waals surface area contributed by atoms with Gasteiger partial charge in [-0.3, -0.25) is 4.79 Å². The van der Waals surface area contributed by atoms with Gasteiger partial charge in [-0.15, -0.1) is 0 Å². The van der Waals surface area contributed by atoms with E-state index >= 15 is 0 Å². The van der Waals surface area contributed by atoms with Gasteiger partial charge in [0.05, 0.1) is 10.9 Å². The summed E-state index contributed by atoms with van der Waals surface area (Å²) in [5, 5.41) is 3.08. The number of benzene rings is 2. The summed E-state index contributed by atoms with van der Waals surface area (Å²) in [6.07, 6.45) is 5.27. The molecule has 0 radical (unpaired) electrons. The predicted octanol–water partition coefficient (Wildman–Crippen LogP) is 3.28. The van der Waals surface area contributed by atoms with Crippen molar-refractivity contribution in [2.75, 3.05) is 12.0 Å². The molecule has 2 aromatic carbocycles. The van der Waals surface area contributed by atoms with Crippen LogP contribution in [0.3, 0.4) is 0 Å². The van der Waals surface area contributed by atoms with E-state index in [1.165, 1.54) is 17.7 Å². The maximum Gasteiger partial charge on any atom is 0.241 e. The van der Waals surface area contributed by atoms with E-state index in [1.54, 1.807) is 30.0 Å². The second-order valence-electron chi connectivity index (χ2n) is 6.92. The van der Waals surface area contributed by atoms with Crippen LogP contribution in [0.25, 0.3) is 0 Å². The van der Waals surface area contributed by atoms with Gasteiger partial charge in [0.15, 0.2) is 0 Å². The van der Waals surface area contributed by atoms with E-state index in [0.717, 1.165) is 24.8 Å². The third-order valence-electron chi connectivity index (χ3n) is 4.96. The average molecular weight is 419 g/mol. The molecule has 0 saturated carbocycles. The monoisotopic (exact) mass is 418 g/mol. The number of hydrogen-bond acceptors (Lipinski definition) is 4. The second kappa shape index (κ2) is 9.58. The number of hydrogen-bond donors (Lipinski definition) is 2. The van der Waals surface area contributed by atoms with Gasteiger partial charge >= 0.3 is 0 Å². The van der Waals surface area contributed by atoms with Crippen LogP contribution in [0, 0.1) is 0 Å². The Morgan fingerprint density at radius 3 is 2.61 bits per heavy atom. The Kier molecular flexibility index (Phi) is 7.15. The zero-order chi connectivity index (χ0) is 20.0. The van der Waals surface area contributed by atoms with Crippen molar-refractivity contribution in [3.63, 3.8) is 0 Å². The summed E-state index contributed by atoms with van der Waals surface area (Å²) in [6.45, 7) is 0. The molecule has 7 heteroatoms. The summed E-state index contributed by atoms with van der Waals surface area (Å²) in [4.78, 5) is 13.2. The van der Waals surface area contributed by atoms with Crippen molar-refractivity contribution in [3.8, 4) is 0 Å². The maximum absolute atomic E-state index is 13.0. The van der Waals surface area contributed by atoms with Crippen LogP contribution < -0.4 is 10.0 Å². The smallest absolute Gasteiger partial charge is 0.241 e. The fraction of sp³-hybridized carbons (Fsp3) is 0.381. The van der Waals surface area contributed by atoms with Gasteiger partial charge in [0.1, 0.15) is 6.04 Å². The standard InChI is InChI=1S/C21H26N2O3S2/c1-27-15-14-20(23-28(25,26)17-10-3-2-4-11-17)21(24)22-19-13-7-9-16-8-5-6-12-18(16)19/h2-6,8,10-12,19-20,23H,7,9,13-15H2,1H3,(H,22,24)/t19-,20+/m0/s1. The Morgan fingerprint density at radius 1 is 1.14 bits per heavy atom. The summed E-state index contributed by atoms with van der Waals surface area (Å²) in [5.74, 6) is 0.423. The molecule has 1 amide bonds. The lowest BCUT2D eigenvalue weighted by atomic mass is 9.87. The van der Waals surface area contributed by atoms with Crippen LogP contribution in [0.15, 0.2) is 59.5 Å². The van der Waals surface area contributed by atoms with Crippen LogP contribution in [-0.2, 0) is 21.2 Å². The molecule has 3 rings (SSSR count). The van der Waals surface area contributed by atoms with Gasteiger partial charge in [0.2, 0.25) is 15.9 Å². The molecule has 0 heterocycles. The highest BCUT2D eigenvalue weighted by Crippen LogP contribution is 2.29. The molecule has 0 fully saturated rings. The van der Waals surface area contributed by atoms with E-state index < -0.39 is 16.1 Å². The molecule has 2 N–H and O–H groups in total. The van der Waals surface area contributed by atoms with Gasteiger partial charge in [0.25, 0.3) is 0 Å². The van der Waals surface area contributed by atoms with Gasteiger partial charge in [-0.25, -0.2) is 8.42 Å². The lowest BCUT2D eigenvalue weighted by Crippen LogP contribution is -2.48. The summed E-state index contributed by atoms with van der Waals surface area (Å²) in [7, 11) is -3.76. The van der Waals surface area contributed by atoms with Crippen LogP contribution >= 0.6 is 11.8 Å². The molecular weight excluding hydrogens is 392 g/mol. The Bertz CT molecular complexity index is 901. The zero-order valence-corrected chi connectivity index (χ0v) is 17.6. The Balaban J connectivity index is 1.76. The Hall–Kier alpha value is -1.83. The molecule has 2 atom stereocenters. The van der Waals surface area contributed by atoms with Gasteiger partial charge in [0, 0.05) is 0 Å². The first kappa shape index (κ1) is 20.9. The number of fused-ring (bicyclic) bond motifs is 1. The van der Waals surface area contributed by atoms with E-state index in [0.29, 0.717) is 12.2 Å². The number of carbonyl (C=O) groups excluding carboxylic acids is 1. The van der Waals surface area contributed by atoms with Crippen LogP contribution in [0.5, 0.6) is 0 Å². The Morgan fingerprint density at radius 2 is 1.86 bits per heavy atom. The molecule has 0 saturated heterocycles. The highest BCUT2D eigenvalue weighted by atomic mass is 32.2. The molecule has 0 spiro atoms. The molecule has 1 aliphatic rings. The quantitative estimate of drug-likeness (QED) is 0.690. The van der Waals surface area contributed by atoms with Gasteiger partial charge in [-0.2, -0.15) is 16.5 Å². The lowest BCUT2D eigenvalue weighted by Gasteiger charge is -2.28. The van der Waals surface area contributed by atoms with Crippen molar-refractivity contribution in [1.29, 1.82) is 0 Å². The number of thioether (sulfide) groups is 1. The predicted molar refractivity (Wildman–Crippen MR) is 114 cm³/mol. The molecule has 2 aromatic rings. The number of aryl methyl sites for hydroxylation is 1. The average Bonchev–Trinajstić information content (AvgIpc) is 2.72. The Labute approximate surface area is 171 Å². The topological polar surface area (TPSA) is 75.3 Å². The minimum Gasteiger partial charge on any atom is -0.348 e. The third-order valence-corrected chi connectivity index (χ3v) is 7.10. The summed E-state index contributed by atoms with van der Waals surface area (Å²) < 4.78 is 28.0. The van der Waals surface area contributed by atoms with E-state index in [9.17, 15) is 13.2 Å². The van der Waals surface area contributed by atoms with Crippen LogP contribution in [0.1, 0.15) is 36.4 Å². The van der Waals surface area contributed by atoms with Crippen LogP contribution in [-0.4, -0.2) is 32.4 Å². The van der Waals surface area contributed by atoms with Crippen molar-refractivity contribution in [2.45, 2.75) is 42.7 Å². The molecular formula is C21H26N2O3S2. The first-order valence-corrected chi connectivity index (χ1v) is 12.3. The summed E-state index contributed by atoms with van der Waals surface area (Å²) in [6, 6.07) is 15.4. The molecule has 0 unspecified atom stereocenters. The first-order valence-electron chi connectivity index (χ1n) is 9.46. The molecule has 5 nitrogen and oxygen atoms in total. The van der Waals surface area contributed by atoms with Gasteiger partial charge < -0.3 is 5.32 Å². The van der Waals surface area contributed by atoms with Crippen LogP contribution in [0.2, 0.25) is 0 Å². The number of sulfonamides is 1. The van der Waals surface area contributed by atoms with Crippen molar-refractivity contribution in [3.05, 3.63) is 65.7 Å². The first-order chi connectivity index (χ1) is 13.5. The molecule has 0 aliphatic heterocycles. The fourth-order valence-electron chi connectivity index (χ4n) is 3.51. The second-order valence-corrected chi connectivity index (χ2v) is 9.62. The minimum absolute atomic E-state index is 0.0736. The normalized spacial score (nSPS) is 17.5. The SMILES string of the molecule is CSCC[C@@H](NS(=O)(=O)c1ccccc1)C(=O)N[C@H]1CCCc2ccccc21. The summed E-state index contributed by atoms with van der Waals surface area (Å²) >= 11 is 1.59. The highest BCUT2D eigenvalue weighted by Gasteiger charge is 2.28. The van der Waals surface area contributed by atoms with E-state index in [4.69, 9.17) is 0 Å². The minimum atomic E-state index is -3.76. The van der Waals surface area contributed by atoms with Gasteiger partial charge in [-0.1, -0.05) is 42.5 Å². The zero-order valence-electron chi connectivity index (χ0n) is 15.9. The molecule has 1 aliphatic carbocycles. The van der Waals surface area contributed by atoms with E-state index in [2.05, 4.69) is 16.1 Å². The van der Waals surface area contributed by atoms with E-state index in [-0.39, 0.29) is 16.8 Å². The van der Waals surface area contributed by atoms with Crippen molar-refractivity contribution < 1.29 is 13.2 Å². The molecule has 150 valence electrons. The summed E-state index contributed by atoms with van der Waals surface area (Å²) in [5.41, 5.74) is 2.39. The van der Waals surface area contributed by atoms with Crippen molar-refractivity contribution in [1.82, 2.24) is 10.0 Å². The number of carbonyl (C=O) groups is 1. The number of nitrogens with one attached hydrogen (secondary N) is 2. The number of amides is 1. The number of rotatable bonds is 8. The highest BCUT2D eigenvalue weighted by molar-refractivity contribution is 7.98. The van der Waals surface area contributed by atoms with Crippen molar-refractivity contribution >= 4 is 27.7 Å². The third kappa shape index (κ3) is 5.16. The largest absolute Gasteiger partial charge is 0.348 e. The molecule has 0 bridgehead atoms. The van der Waals surface area contributed by atoms with Crippen molar-refractivity contribution in [2.24, 2.45) is 0 Å². The van der Waals surface area contributed by atoms with Gasteiger partial charge in [-0.05, 0) is 61.0 Å². The molecule has 28 heavy (non-hydrogen) atoms. The van der Waals surface area contributed by atoms with E-state index in [1.807, 2.05) is 24.5 Å². The lowest BCUT2D eigenvalue weighted by molar-refractivity contribution is -0.123. The maximum atomic E-state index is 13.0. The molecule has 0 aromatic heterocycles. The van der Waals surface area contributed by atoms with Crippen LogP contribution in [0.4, 0.5) is 0 Å². The fourth-order valence-corrected chi connectivity index (χ4v) is 5.23.